The molecule has 2 heterocycles. The van der Waals surface area contributed by atoms with Gasteiger partial charge < -0.3 is 10.1 Å². The van der Waals surface area contributed by atoms with Crippen LogP contribution in [0.4, 0.5) is 0 Å². The quantitative estimate of drug-likeness (QED) is 0.939. The maximum absolute atomic E-state index is 5.75. The molecular weight excluding hydrogens is 262 g/mol. The number of benzene rings is 1. The van der Waals surface area contributed by atoms with Crippen molar-refractivity contribution in [1.82, 2.24) is 15.1 Å². The van der Waals surface area contributed by atoms with E-state index in [2.05, 4.69) is 42.6 Å². The highest BCUT2D eigenvalue weighted by atomic mass is 16.5. The topological polar surface area (TPSA) is 39.1 Å². The number of nitrogens with one attached hydrogen (secondary N) is 1. The molecule has 2 aromatic rings. The Morgan fingerprint density at radius 2 is 2.14 bits per heavy atom. The molecular formula is C17H23N3O. The Balaban J connectivity index is 1.58. The smallest absolute Gasteiger partial charge is 0.0645 e. The van der Waals surface area contributed by atoms with E-state index in [1.807, 2.05) is 29.1 Å². The fraction of sp³-hybridized carbons (Fsp3) is 0.471. The molecule has 1 fully saturated rings. The summed E-state index contributed by atoms with van der Waals surface area (Å²) in [6.45, 7) is 6.02. The van der Waals surface area contributed by atoms with Crippen molar-refractivity contribution in [2.24, 2.45) is 0 Å². The van der Waals surface area contributed by atoms with Gasteiger partial charge in [-0.2, -0.15) is 5.10 Å². The lowest BCUT2D eigenvalue weighted by molar-refractivity contribution is -0.0630. The molecule has 4 nitrogen and oxygen atoms in total. The van der Waals surface area contributed by atoms with E-state index in [0.29, 0.717) is 6.04 Å². The number of hydrogen-bond acceptors (Lipinski definition) is 3. The third-order valence-corrected chi connectivity index (χ3v) is 3.95. The van der Waals surface area contributed by atoms with E-state index < -0.39 is 0 Å². The van der Waals surface area contributed by atoms with Crippen molar-refractivity contribution in [3.05, 3.63) is 48.3 Å². The summed E-state index contributed by atoms with van der Waals surface area (Å²) >= 11 is 0. The minimum atomic E-state index is -0.00978. The summed E-state index contributed by atoms with van der Waals surface area (Å²) in [6.07, 6.45) is 6.16. The zero-order chi connectivity index (χ0) is 14.7. The van der Waals surface area contributed by atoms with Crippen LogP contribution in [0.3, 0.4) is 0 Å². The van der Waals surface area contributed by atoms with Crippen LogP contribution in [-0.2, 0) is 11.3 Å². The van der Waals surface area contributed by atoms with E-state index in [4.69, 9.17) is 4.74 Å². The zero-order valence-electron chi connectivity index (χ0n) is 12.7. The molecule has 0 aliphatic carbocycles. The van der Waals surface area contributed by atoms with Gasteiger partial charge in [-0.3, -0.25) is 0 Å². The van der Waals surface area contributed by atoms with Crippen molar-refractivity contribution in [2.75, 3.05) is 6.61 Å². The van der Waals surface area contributed by atoms with Crippen molar-refractivity contribution >= 4 is 0 Å². The Morgan fingerprint density at radius 1 is 1.33 bits per heavy atom. The second kappa shape index (κ2) is 6.00. The Hall–Kier alpha value is -1.65. The highest BCUT2D eigenvalue weighted by Gasteiger charge is 2.28. The summed E-state index contributed by atoms with van der Waals surface area (Å²) in [6, 6.07) is 10.7. The average molecular weight is 285 g/mol. The molecule has 1 unspecified atom stereocenters. The Labute approximate surface area is 126 Å². The first-order valence-electron chi connectivity index (χ1n) is 7.59. The van der Waals surface area contributed by atoms with Crippen molar-refractivity contribution in [1.29, 1.82) is 0 Å². The van der Waals surface area contributed by atoms with Gasteiger partial charge in [0, 0.05) is 31.0 Å². The molecule has 21 heavy (non-hydrogen) atoms. The second-order valence-electron chi connectivity index (χ2n) is 6.31. The average Bonchev–Trinajstić information content (AvgIpc) is 2.94. The SMILES string of the molecule is CC1(C)CC(NCc2cnn(-c3ccccc3)c2)CCO1. The molecule has 0 bridgehead atoms. The molecule has 3 rings (SSSR count). The lowest BCUT2D eigenvalue weighted by Gasteiger charge is -2.35. The predicted octanol–water partition coefficient (Wildman–Crippen LogP) is 2.92. The molecule has 1 N–H and O–H groups in total. The number of aromatic nitrogens is 2. The minimum Gasteiger partial charge on any atom is -0.375 e. The largest absolute Gasteiger partial charge is 0.375 e. The summed E-state index contributed by atoms with van der Waals surface area (Å²) in [5.41, 5.74) is 2.29. The summed E-state index contributed by atoms with van der Waals surface area (Å²) in [5.74, 6) is 0. The van der Waals surface area contributed by atoms with Gasteiger partial charge in [0.25, 0.3) is 0 Å². The van der Waals surface area contributed by atoms with Gasteiger partial charge in [0.15, 0.2) is 0 Å². The van der Waals surface area contributed by atoms with E-state index in [1.165, 1.54) is 5.56 Å². The molecule has 1 aromatic carbocycles. The van der Waals surface area contributed by atoms with Crippen molar-refractivity contribution in [3.8, 4) is 5.69 Å². The zero-order valence-corrected chi connectivity index (χ0v) is 12.7. The maximum Gasteiger partial charge on any atom is 0.0645 e. The van der Waals surface area contributed by atoms with E-state index in [-0.39, 0.29) is 5.60 Å². The van der Waals surface area contributed by atoms with E-state index >= 15 is 0 Å². The Bertz CT molecular complexity index is 577. The first-order chi connectivity index (χ1) is 10.1. The lowest BCUT2D eigenvalue weighted by atomic mass is 9.94. The monoisotopic (exact) mass is 285 g/mol. The third kappa shape index (κ3) is 3.71. The van der Waals surface area contributed by atoms with Crippen LogP contribution in [0.15, 0.2) is 42.7 Å². The van der Waals surface area contributed by atoms with Crippen LogP contribution in [0.2, 0.25) is 0 Å². The second-order valence-corrected chi connectivity index (χ2v) is 6.31. The molecule has 1 aliphatic rings. The van der Waals surface area contributed by atoms with E-state index in [9.17, 15) is 0 Å². The Morgan fingerprint density at radius 3 is 2.90 bits per heavy atom. The standard InChI is InChI=1S/C17H23N3O/c1-17(2)10-15(8-9-21-17)18-11-14-12-19-20(13-14)16-6-4-3-5-7-16/h3-7,12-13,15,18H,8-11H2,1-2H3. The molecule has 112 valence electrons. The molecule has 1 saturated heterocycles. The molecule has 0 radical (unpaired) electrons. The van der Waals surface area contributed by atoms with Gasteiger partial charge in [-0.1, -0.05) is 18.2 Å². The van der Waals surface area contributed by atoms with Crippen molar-refractivity contribution in [2.45, 2.75) is 44.9 Å². The van der Waals surface area contributed by atoms with E-state index in [1.54, 1.807) is 0 Å². The molecule has 0 spiro atoms. The number of hydrogen-bond donors (Lipinski definition) is 1. The summed E-state index contributed by atoms with van der Waals surface area (Å²) in [7, 11) is 0. The normalized spacial score (nSPS) is 21.3. The van der Waals surface area contributed by atoms with Gasteiger partial charge in [0.1, 0.15) is 0 Å². The van der Waals surface area contributed by atoms with Gasteiger partial charge in [-0.15, -0.1) is 0 Å². The summed E-state index contributed by atoms with van der Waals surface area (Å²) in [4.78, 5) is 0. The molecule has 1 atom stereocenters. The summed E-state index contributed by atoms with van der Waals surface area (Å²) < 4.78 is 7.67. The van der Waals surface area contributed by atoms with Crippen molar-refractivity contribution in [3.63, 3.8) is 0 Å². The lowest BCUT2D eigenvalue weighted by Crippen LogP contribution is -2.43. The molecule has 0 amide bonds. The van der Waals surface area contributed by atoms with Crippen LogP contribution >= 0.6 is 0 Å². The Kier molecular flexibility index (Phi) is 4.08. The fourth-order valence-corrected chi connectivity index (χ4v) is 2.84. The number of rotatable bonds is 4. The highest BCUT2D eigenvalue weighted by Crippen LogP contribution is 2.24. The van der Waals surface area contributed by atoms with Crippen LogP contribution in [0.5, 0.6) is 0 Å². The van der Waals surface area contributed by atoms with Crippen LogP contribution in [0, 0.1) is 0 Å². The maximum atomic E-state index is 5.75. The molecule has 4 heteroatoms. The van der Waals surface area contributed by atoms with Crippen LogP contribution < -0.4 is 5.32 Å². The molecule has 1 aromatic heterocycles. The fourth-order valence-electron chi connectivity index (χ4n) is 2.84. The summed E-state index contributed by atoms with van der Waals surface area (Å²) in [5, 5.41) is 8.06. The molecule has 1 aliphatic heterocycles. The first kappa shape index (κ1) is 14.3. The number of para-hydroxylation sites is 1. The highest BCUT2D eigenvalue weighted by molar-refractivity contribution is 5.30. The van der Waals surface area contributed by atoms with Gasteiger partial charge >= 0.3 is 0 Å². The number of nitrogens with zero attached hydrogens (tertiary/aromatic N) is 2. The third-order valence-electron chi connectivity index (χ3n) is 3.95. The van der Waals surface area contributed by atoms with Crippen molar-refractivity contribution < 1.29 is 4.74 Å². The van der Waals surface area contributed by atoms with E-state index in [0.717, 1.165) is 31.7 Å². The van der Waals surface area contributed by atoms with Gasteiger partial charge in [0.2, 0.25) is 0 Å². The molecule has 0 saturated carbocycles. The van der Waals surface area contributed by atoms with Crippen LogP contribution in [0.1, 0.15) is 32.3 Å². The first-order valence-corrected chi connectivity index (χ1v) is 7.59. The van der Waals surface area contributed by atoms with Crippen LogP contribution in [-0.4, -0.2) is 28.0 Å². The van der Waals surface area contributed by atoms with Gasteiger partial charge in [-0.05, 0) is 38.8 Å². The number of ether oxygens (including phenoxy) is 1. The predicted molar refractivity (Wildman–Crippen MR) is 83.5 cm³/mol. The minimum absolute atomic E-state index is 0.00978. The van der Waals surface area contributed by atoms with Crippen LogP contribution in [0.25, 0.3) is 5.69 Å². The van der Waals surface area contributed by atoms with Gasteiger partial charge in [0.05, 0.1) is 17.5 Å². The van der Waals surface area contributed by atoms with Gasteiger partial charge in [-0.25, -0.2) is 4.68 Å².